The second kappa shape index (κ2) is 37.4. The first kappa shape index (κ1) is 69.9. The lowest BCUT2D eigenvalue weighted by atomic mass is 9.74. The molecule has 0 amide bonds. The van der Waals surface area contributed by atoms with Crippen molar-refractivity contribution in [2.45, 2.75) is 308 Å². The fraction of sp³-hybridized carbons (Fsp3) is 0.619. The molecular formula is C84H112O8. The molecule has 4 aromatic rings. The zero-order valence-electron chi connectivity index (χ0n) is 57.3. The van der Waals surface area contributed by atoms with Gasteiger partial charge in [0.2, 0.25) is 23.0 Å². The van der Waals surface area contributed by atoms with E-state index < -0.39 is 0 Å². The van der Waals surface area contributed by atoms with Crippen LogP contribution >= 0.6 is 0 Å². The van der Waals surface area contributed by atoms with Crippen molar-refractivity contribution in [3.8, 4) is 118 Å². The average Bonchev–Trinajstić information content (AvgIpc) is 0.701. The normalized spacial score (nSPS) is 16.1. The zero-order chi connectivity index (χ0) is 64.3. The number of benzene rings is 4. The molecule has 0 radical (unpaired) electrons. The average molecular weight is 1250 g/mol. The van der Waals surface area contributed by atoms with Gasteiger partial charge in [-0.2, -0.15) is 0 Å². The van der Waals surface area contributed by atoms with Gasteiger partial charge in [0.15, 0.2) is 46.0 Å². The summed E-state index contributed by atoms with van der Waals surface area (Å²) in [5.41, 5.74) is 8.55. The van der Waals surface area contributed by atoms with E-state index in [1.807, 2.05) is 0 Å². The largest absolute Gasteiger partial charge is 0.473 e. The molecule has 4 heterocycles. The number of unbranched alkanes of at least 4 members (excludes halogenated alkanes) is 32. The summed E-state index contributed by atoms with van der Waals surface area (Å²) in [6, 6.07) is 9.69. The Hall–Kier alpha value is -6.48. The van der Waals surface area contributed by atoms with Crippen LogP contribution in [0.25, 0.3) is 0 Å². The Kier molecular flexibility index (Phi) is 28.4. The van der Waals surface area contributed by atoms with Crippen molar-refractivity contribution < 1.29 is 37.9 Å². The highest BCUT2D eigenvalue weighted by Gasteiger charge is 2.47. The van der Waals surface area contributed by atoms with Crippen molar-refractivity contribution in [1.29, 1.82) is 0 Å². The summed E-state index contributed by atoms with van der Waals surface area (Å²) in [6.45, 7) is 9.12. The maximum atomic E-state index is 7.52. The van der Waals surface area contributed by atoms with Crippen LogP contribution in [0.3, 0.4) is 0 Å². The molecule has 8 rings (SSSR count). The molecule has 92 heavy (non-hydrogen) atoms. The second-order valence-electron chi connectivity index (χ2n) is 27.2. The van der Waals surface area contributed by atoms with Crippen LogP contribution in [0.4, 0.5) is 0 Å². The number of hydrogen-bond acceptors (Lipinski definition) is 8. The monoisotopic (exact) mass is 1250 g/mol. The molecule has 0 unspecified atom stereocenters. The predicted molar refractivity (Wildman–Crippen MR) is 378 cm³/mol. The van der Waals surface area contributed by atoms with E-state index in [0.29, 0.717) is 69.0 Å². The molecule has 0 spiro atoms. The van der Waals surface area contributed by atoms with E-state index in [0.717, 1.165) is 122 Å². The maximum absolute atomic E-state index is 7.52. The van der Waals surface area contributed by atoms with Gasteiger partial charge in [-0.3, -0.25) is 0 Å². The quantitative estimate of drug-likeness (QED) is 0.0282. The summed E-state index contributed by atoms with van der Waals surface area (Å²) in [4.78, 5) is 0. The van der Waals surface area contributed by atoms with Crippen LogP contribution in [0.5, 0.6) is 69.0 Å². The van der Waals surface area contributed by atoms with E-state index >= 15 is 0 Å². The van der Waals surface area contributed by atoms with E-state index in [4.69, 9.17) is 63.6 Å². The van der Waals surface area contributed by atoms with Crippen LogP contribution in [0.15, 0.2) is 24.3 Å². The molecule has 8 heteroatoms. The molecule has 4 aliphatic rings. The van der Waals surface area contributed by atoms with Crippen LogP contribution in [0, 0.1) is 49.4 Å². The van der Waals surface area contributed by atoms with Gasteiger partial charge in [0, 0.05) is 68.2 Å². The van der Waals surface area contributed by atoms with E-state index in [1.165, 1.54) is 180 Å². The van der Waals surface area contributed by atoms with Gasteiger partial charge in [0.25, 0.3) is 0 Å². The fourth-order valence-corrected chi connectivity index (χ4v) is 15.5. The third-order valence-electron chi connectivity index (χ3n) is 20.4. The summed E-state index contributed by atoms with van der Waals surface area (Å²) in [5, 5.41) is 0. The lowest BCUT2D eigenvalue weighted by Crippen LogP contribution is -2.23. The first-order chi connectivity index (χ1) is 45.5. The maximum Gasteiger partial charge on any atom is 0.206 e. The fourth-order valence-electron chi connectivity index (χ4n) is 15.5. The van der Waals surface area contributed by atoms with Gasteiger partial charge in [-0.15, -0.1) is 25.7 Å². The first-order valence-electron chi connectivity index (χ1n) is 37.3. The molecule has 0 fully saturated rings. The van der Waals surface area contributed by atoms with Crippen molar-refractivity contribution in [2.24, 2.45) is 0 Å². The van der Waals surface area contributed by atoms with Crippen molar-refractivity contribution in [1.82, 2.24) is 0 Å². The number of hydrogen-bond donors (Lipinski definition) is 0. The van der Waals surface area contributed by atoms with E-state index in [-0.39, 0.29) is 50.1 Å². The highest BCUT2D eigenvalue weighted by Crippen LogP contribution is 2.69. The highest BCUT2D eigenvalue weighted by atomic mass is 16.6. The Labute approximate surface area is 556 Å². The molecule has 0 N–H and O–H groups in total. The number of fused-ring (bicyclic) bond motifs is 8. The lowest BCUT2D eigenvalue weighted by molar-refractivity contribution is 0.274. The van der Waals surface area contributed by atoms with E-state index in [9.17, 15) is 0 Å². The molecule has 496 valence electrons. The van der Waals surface area contributed by atoms with Gasteiger partial charge < -0.3 is 37.9 Å². The number of terminal acetylenes is 4. The molecule has 0 aromatic heterocycles. The topological polar surface area (TPSA) is 73.8 Å². The zero-order valence-corrected chi connectivity index (χ0v) is 57.3. The lowest BCUT2D eigenvalue weighted by Gasteiger charge is -2.40. The van der Waals surface area contributed by atoms with Gasteiger partial charge in [-0.25, -0.2) is 0 Å². The summed E-state index contributed by atoms with van der Waals surface area (Å²) >= 11 is 0. The third-order valence-corrected chi connectivity index (χ3v) is 20.4. The molecule has 0 saturated carbocycles. The Morgan fingerprint density at radius 2 is 0.402 bits per heavy atom. The Morgan fingerprint density at radius 3 is 0.554 bits per heavy atom. The van der Waals surface area contributed by atoms with Crippen LogP contribution in [-0.4, -0.2) is 26.4 Å². The predicted octanol–water partition coefficient (Wildman–Crippen LogP) is 24.7. The molecule has 0 aliphatic carbocycles. The van der Waals surface area contributed by atoms with Crippen molar-refractivity contribution in [2.75, 3.05) is 26.4 Å². The Bertz CT molecular complexity index is 2640. The van der Waals surface area contributed by atoms with Crippen molar-refractivity contribution in [3.05, 3.63) is 68.8 Å². The molecule has 4 aromatic carbocycles. The number of rotatable bonds is 48. The molecule has 0 bridgehead atoms. The van der Waals surface area contributed by atoms with Crippen LogP contribution in [0.2, 0.25) is 0 Å². The van der Waals surface area contributed by atoms with Gasteiger partial charge >= 0.3 is 0 Å². The standard InChI is InChI=1S/C84H112O8/c1-9-17-21-25-29-33-37-41-45-49-61-65-57-67-62(50-46-42-38-34-30-26-22-18-10-2)69-59-71-64(52-48-44-40-36-32-28-24-20-12-4)72-60-70-63(51-47-43-39-35-31-27-23-19-11-3)68-58-66(61)74-82(86-54-14-6)76(68)91-78(70)84(88-56-16-8)80(72)92-79(71)83(87-55-15-7)77(69)90-75(67)81(73(65)89-74)85-53-13-5/h5-8,57-64H,9-12,17-56H2,1-4H3. The Balaban J connectivity index is 1.27. The number of ether oxygens (including phenoxy) is 8. The van der Waals surface area contributed by atoms with Crippen molar-refractivity contribution >= 4 is 0 Å². The minimum Gasteiger partial charge on any atom is -0.473 e. The second-order valence-corrected chi connectivity index (χ2v) is 27.2. The van der Waals surface area contributed by atoms with Crippen molar-refractivity contribution in [3.63, 3.8) is 0 Å². The summed E-state index contributed by atoms with van der Waals surface area (Å²) in [5.74, 6) is 17.1. The summed E-state index contributed by atoms with van der Waals surface area (Å²) in [7, 11) is 0. The highest BCUT2D eigenvalue weighted by molar-refractivity contribution is 5.79. The molecular weight excluding hydrogens is 1140 g/mol. The SMILES string of the molecule is C#CCOc1c2c3cc4c1Oc1c(cc5c(c1OCC#C)Oc1c(cc6c(c1OCC#C)Oc1c(cc(c(c1OCC#C)O2)C3CCCCCCCCCCC)C6CCCCCCCCCCC)C5CCCCCCCCCCC)C4CCCCCCCCCCC. The smallest absolute Gasteiger partial charge is 0.206 e. The van der Waals surface area contributed by atoms with E-state index in [2.05, 4.69) is 75.6 Å². The molecule has 0 saturated heterocycles. The van der Waals surface area contributed by atoms with Gasteiger partial charge in [0.1, 0.15) is 26.4 Å². The minimum atomic E-state index is -0.111. The summed E-state index contributed by atoms with van der Waals surface area (Å²) < 4.78 is 57.7. The van der Waals surface area contributed by atoms with Gasteiger partial charge in [-0.1, -0.05) is 283 Å². The molecule has 8 nitrogen and oxygen atoms in total. The van der Waals surface area contributed by atoms with Gasteiger partial charge in [-0.05, 0) is 49.9 Å². The summed E-state index contributed by atoms with van der Waals surface area (Å²) in [6.07, 6.45) is 72.5. The molecule has 4 aliphatic heterocycles. The first-order valence-corrected chi connectivity index (χ1v) is 37.3. The van der Waals surface area contributed by atoms with Crippen LogP contribution in [-0.2, 0) is 0 Å². The third kappa shape index (κ3) is 17.3. The van der Waals surface area contributed by atoms with Crippen LogP contribution in [0.1, 0.15) is 353 Å². The molecule has 0 atom stereocenters. The van der Waals surface area contributed by atoms with Gasteiger partial charge in [0.05, 0.1) is 0 Å². The Morgan fingerprint density at radius 1 is 0.250 bits per heavy atom. The minimum absolute atomic E-state index is 0.00955. The van der Waals surface area contributed by atoms with Crippen LogP contribution < -0.4 is 37.9 Å². The van der Waals surface area contributed by atoms with E-state index in [1.54, 1.807) is 0 Å².